The number of carboxylic acid groups (broad SMARTS) is 1. The van der Waals surface area contributed by atoms with Gasteiger partial charge in [0.05, 0.1) is 13.0 Å². The molecule has 3 nitrogen and oxygen atoms in total. The molecule has 1 aromatic rings. The van der Waals surface area contributed by atoms with Crippen molar-refractivity contribution in [1.82, 2.24) is 0 Å². The Balaban J connectivity index is 1.90. The van der Waals surface area contributed by atoms with E-state index in [0.717, 1.165) is 31.7 Å². The number of hydrogen-bond acceptors (Lipinski definition) is 2. The zero-order valence-corrected chi connectivity index (χ0v) is 11.6. The quantitative estimate of drug-likeness (QED) is 0.834. The highest BCUT2D eigenvalue weighted by Gasteiger charge is 2.36. The van der Waals surface area contributed by atoms with Crippen LogP contribution >= 0.6 is 0 Å². The van der Waals surface area contributed by atoms with E-state index in [1.54, 1.807) is 0 Å². The standard InChI is InChI=1S/C16H18F2O3/c17-11-5-13(12(7-15(19)20)10-3-4-10)16(14(18)6-11)21-8-9-1-2-9/h5-6,9-10,12H,1-4,7-8H2,(H,19,20). The van der Waals surface area contributed by atoms with Crippen molar-refractivity contribution in [2.75, 3.05) is 6.61 Å². The van der Waals surface area contributed by atoms with E-state index in [4.69, 9.17) is 9.84 Å². The van der Waals surface area contributed by atoms with Crippen molar-refractivity contribution >= 4 is 5.97 Å². The van der Waals surface area contributed by atoms with Gasteiger partial charge in [0.2, 0.25) is 0 Å². The van der Waals surface area contributed by atoms with E-state index >= 15 is 0 Å². The van der Waals surface area contributed by atoms with E-state index in [0.29, 0.717) is 18.1 Å². The molecule has 1 unspecified atom stereocenters. The molecule has 0 saturated heterocycles. The van der Waals surface area contributed by atoms with Crippen LogP contribution in [0, 0.1) is 23.5 Å². The maximum Gasteiger partial charge on any atom is 0.303 e. The summed E-state index contributed by atoms with van der Waals surface area (Å²) in [4.78, 5) is 11.0. The van der Waals surface area contributed by atoms with Gasteiger partial charge in [-0.3, -0.25) is 4.79 Å². The van der Waals surface area contributed by atoms with Crippen molar-refractivity contribution in [3.05, 3.63) is 29.3 Å². The number of benzene rings is 1. The molecule has 5 heteroatoms. The fourth-order valence-corrected chi connectivity index (χ4v) is 2.71. The van der Waals surface area contributed by atoms with Gasteiger partial charge in [-0.15, -0.1) is 0 Å². The normalized spacial score (nSPS) is 19.3. The molecule has 21 heavy (non-hydrogen) atoms. The molecule has 114 valence electrons. The molecule has 0 amide bonds. The lowest BCUT2D eigenvalue weighted by molar-refractivity contribution is -0.137. The average molecular weight is 296 g/mol. The van der Waals surface area contributed by atoms with Gasteiger partial charge in [0, 0.05) is 17.5 Å². The van der Waals surface area contributed by atoms with Crippen molar-refractivity contribution in [2.45, 2.75) is 38.0 Å². The van der Waals surface area contributed by atoms with Gasteiger partial charge in [0.25, 0.3) is 0 Å². The monoisotopic (exact) mass is 296 g/mol. The third kappa shape index (κ3) is 3.52. The molecule has 0 spiro atoms. The maximum atomic E-state index is 14.1. The minimum atomic E-state index is -0.954. The Bertz CT molecular complexity index is 551. The third-order valence-electron chi connectivity index (χ3n) is 4.18. The second-order valence-corrected chi connectivity index (χ2v) is 6.10. The topological polar surface area (TPSA) is 46.5 Å². The van der Waals surface area contributed by atoms with Crippen molar-refractivity contribution in [3.8, 4) is 5.75 Å². The largest absolute Gasteiger partial charge is 0.490 e. The van der Waals surface area contributed by atoms with Crippen LogP contribution in [0.2, 0.25) is 0 Å². The summed E-state index contributed by atoms with van der Waals surface area (Å²) in [5.41, 5.74) is 0.373. The van der Waals surface area contributed by atoms with Gasteiger partial charge in [-0.1, -0.05) is 0 Å². The number of aliphatic carboxylic acids is 1. The van der Waals surface area contributed by atoms with Gasteiger partial charge >= 0.3 is 5.97 Å². The summed E-state index contributed by atoms with van der Waals surface area (Å²) < 4.78 is 33.2. The van der Waals surface area contributed by atoms with Gasteiger partial charge in [0.15, 0.2) is 11.6 Å². The lowest BCUT2D eigenvalue weighted by Gasteiger charge is -2.19. The summed E-state index contributed by atoms with van der Waals surface area (Å²) in [6.07, 6.45) is 3.82. The first kappa shape index (κ1) is 14.3. The van der Waals surface area contributed by atoms with E-state index in [1.165, 1.54) is 6.07 Å². The molecule has 0 aliphatic heterocycles. The molecule has 2 aliphatic carbocycles. The summed E-state index contributed by atoms with van der Waals surface area (Å²) in [7, 11) is 0. The minimum Gasteiger partial charge on any atom is -0.490 e. The summed E-state index contributed by atoms with van der Waals surface area (Å²) in [5, 5.41) is 9.05. The van der Waals surface area contributed by atoms with Crippen LogP contribution in [-0.2, 0) is 4.79 Å². The number of ether oxygens (including phenoxy) is 1. The highest BCUT2D eigenvalue weighted by molar-refractivity contribution is 5.68. The van der Waals surface area contributed by atoms with Crippen LogP contribution in [0.3, 0.4) is 0 Å². The van der Waals surface area contributed by atoms with Gasteiger partial charge < -0.3 is 9.84 Å². The molecule has 0 aromatic heterocycles. The first-order valence-corrected chi connectivity index (χ1v) is 7.38. The predicted molar refractivity (Wildman–Crippen MR) is 72.3 cm³/mol. The SMILES string of the molecule is O=C(O)CC(c1cc(F)cc(F)c1OCC1CC1)C1CC1. The fraction of sp³-hybridized carbons (Fsp3) is 0.562. The molecule has 3 rings (SSSR count). The smallest absolute Gasteiger partial charge is 0.303 e. The number of carboxylic acids is 1. The van der Waals surface area contributed by atoms with Crippen LogP contribution < -0.4 is 4.74 Å². The van der Waals surface area contributed by atoms with Crippen LogP contribution in [0.25, 0.3) is 0 Å². The summed E-state index contributed by atoms with van der Waals surface area (Å²) in [5.74, 6) is -2.07. The van der Waals surface area contributed by atoms with Gasteiger partial charge in [0.1, 0.15) is 5.82 Å². The lowest BCUT2D eigenvalue weighted by Crippen LogP contribution is -2.12. The van der Waals surface area contributed by atoms with Crippen molar-refractivity contribution in [1.29, 1.82) is 0 Å². The molecule has 1 atom stereocenters. The van der Waals surface area contributed by atoms with Crippen LogP contribution in [0.1, 0.15) is 43.6 Å². The molecule has 2 fully saturated rings. The predicted octanol–water partition coefficient (Wildman–Crippen LogP) is 3.72. The third-order valence-corrected chi connectivity index (χ3v) is 4.18. The Morgan fingerprint density at radius 3 is 2.57 bits per heavy atom. The molecule has 0 radical (unpaired) electrons. The Morgan fingerprint density at radius 2 is 2.00 bits per heavy atom. The number of rotatable bonds is 7. The molecule has 0 bridgehead atoms. The molecule has 1 aromatic carbocycles. The Hall–Kier alpha value is -1.65. The maximum absolute atomic E-state index is 14.1. The second kappa shape index (κ2) is 5.62. The number of carbonyl (C=O) groups is 1. The molecule has 1 N–H and O–H groups in total. The lowest BCUT2D eigenvalue weighted by atomic mass is 9.90. The van der Waals surface area contributed by atoms with E-state index in [-0.39, 0.29) is 24.0 Å². The summed E-state index contributed by atoms with van der Waals surface area (Å²) in [6, 6.07) is 2.04. The fourth-order valence-electron chi connectivity index (χ4n) is 2.71. The van der Waals surface area contributed by atoms with Crippen molar-refractivity contribution in [2.24, 2.45) is 11.8 Å². The zero-order valence-electron chi connectivity index (χ0n) is 11.6. The summed E-state index contributed by atoms with van der Waals surface area (Å²) in [6.45, 7) is 0.417. The van der Waals surface area contributed by atoms with E-state index in [9.17, 15) is 13.6 Å². The highest BCUT2D eigenvalue weighted by atomic mass is 19.1. The summed E-state index contributed by atoms with van der Waals surface area (Å²) >= 11 is 0. The van der Waals surface area contributed by atoms with Gasteiger partial charge in [-0.2, -0.15) is 0 Å². The number of halogens is 2. The van der Waals surface area contributed by atoms with Crippen LogP contribution in [-0.4, -0.2) is 17.7 Å². The number of hydrogen-bond donors (Lipinski definition) is 1. The second-order valence-electron chi connectivity index (χ2n) is 6.10. The van der Waals surface area contributed by atoms with Crippen molar-refractivity contribution < 1.29 is 23.4 Å². The molecular formula is C16H18F2O3. The van der Waals surface area contributed by atoms with Crippen LogP contribution in [0.5, 0.6) is 5.75 Å². The van der Waals surface area contributed by atoms with E-state index < -0.39 is 17.6 Å². The van der Waals surface area contributed by atoms with Gasteiger partial charge in [-0.25, -0.2) is 8.78 Å². The minimum absolute atomic E-state index is 0.0430. The molecule has 2 aliphatic rings. The average Bonchev–Trinajstić information content (AvgIpc) is 3.25. The molecule has 0 heterocycles. The van der Waals surface area contributed by atoms with Gasteiger partial charge in [-0.05, 0) is 43.6 Å². The molecular weight excluding hydrogens is 278 g/mol. The van der Waals surface area contributed by atoms with Crippen LogP contribution in [0.15, 0.2) is 12.1 Å². The first-order chi connectivity index (χ1) is 10.0. The van der Waals surface area contributed by atoms with Crippen LogP contribution in [0.4, 0.5) is 8.78 Å². The van der Waals surface area contributed by atoms with E-state index in [2.05, 4.69) is 0 Å². The highest BCUT2D eigenvalue weighted by Crippen LogP contribution is 2.48. The van der Waals surface area contributed by atoms with E-state index in [1.807, 2.05) is 0 Å². The Labute approximate surface area is 121 Å². The first-order valence-electron chi connectivity index (χ1n) is 7.38. The Kier molecular flexibility index (Phi) is 3.83. The molecule has 2 saturated carbocycles. The van der Waals surface area contributed by atoms with Crippen molar-refractivity contribution in [3.63, 3.8) is 0 Å². The Morgan fingerprint density at radius 1 is 1.29 bits per heavy atom. The zero-order chi connectivity index (χ0) is 15.0.